The highest BCUT2D eigenvalue weighted by atomic mass is 32.1. The zero-order valence-electron chi connectivity index (χ0n) is 13.7. The SMILES string of the molecule is CCOC(=O)Nc1cccc(NC(=O)Cn2c(C)csc2=O)c1C. The van der Waals surface area contributed by atoms with Crippen molar-refractivity contribution in [2.45, 2.75) is 27.3 Å². The Balaban J connectivity index is 2.11. The molecule has 2 aromatic rings. The number of aryl methyl sites for hydroxylation is 1. The zero-order valence-corrected chi connectivity index (χ0v) is 14.5. The van der Waals surface area contributed by atoms with Crippen molar-refractivity contribution < 1.29 is 14.3 Å². The van der Waals surface area contributed by atoms with Crippen LogP contribution in [-0.4, -0.2) is 23.2 Å². The number of benzene rings is 1. The summed E-state index contributed by atoms with van der Waals surface area (Å²) in [5.74, 6) is -0.310. The van der Waals surface area contributed by atoms with Gasteiger partial charge >= 0.3 is 11.0 Å². The molecule has 0 bridgehead atoms. The number of nitrogens with one attached hydrogen (secondary N) is 2. The van der Waals surface area contributed by atoms with E-state index in [1.165, 1.54) is 4.57 Å². The lowest BCUT2D eigenvalue weighted by atomic mass is 10.1. The van der Waals surface area contributed by atoms with E-state index >= 15 is 0 Å². The summed E-state index contributed by atoms with van der Waals surface area (Å²) < 4.78 is 6.26. The maximum atomic E-state index is 12.2. The molecule has 24 heavy (non-hydrogen) atoms. The van der Waals surface area contributed by atoms with Gasteiger partial charge in [-0.15, -0.1) is 0 Å². The largest absolute Gasteiger partial charge is 0.450 e. The van der Waals surface area contributed by atoms with Gasteiger partial charge in [-0.1, -0.05) is 17.4 Å². The van der Waals surface area contributed by atoms with E-state index in [2.05, 4.69) is 10.6 Å². The minimum atomic E-state index is -0.551. The van der Waals surface area contributed by atoms with Gasteiger partial charge in [0.1, 0.15) is 6.54 Å². The topological polar surface area (TPSA) is 89.4 Å². The molecule has 128 valence electrons. The van der Waals surface area contributed by atoms with Crippen molar-refractivity contribution in [3.05, 3.63) is 44.5 Å². The van der Waals surface area contributed by atoms with Crippen LogP contribution in [0.3, 0.4) is 0 Å². The second-order valence-electron chi connectivity index (χ2n) is 5.10. The first-order valence-corrected chi connectivity index (χ1v) is 8.28. The maximum absolute atomic E-state index is 12.2. The van der Waals surface area contributed by atoms with Gasteiger partial charge in [-0.2, -0.15) is 0 Å². The lowest BCUT2D eigenvalue weighted by Crippen LogP contribution is -2.25. The Labute approximate surface area is 143 Å². The van der Waals surface area contributed by atoms with Gasteiger partial charge in [-0.3, -0.25) is 19.5 Å². The van der Waals surface area contributed by atoms with Crippen LogP contribution in [0.5, 0.6) is 0 Å². The molecular weight excluding hydrogens is 330 g/mol. The van der Waals surface area contributed by atoms with Crippen molar-refractivity contribution in [1.29, 1.82) is 0 Å². The molecule has 0 saturated heterocycles. The van der Waals surface area contributed by atoms with E-state index in [-0.39, 0.29) is 23.9 Å². The van der Waals surface area contributed by atoms with Crippen molar-refractivity contribution >= 4 is 34.7 Å². The summed E-state index contributed by atoms with van der Waals surface area (Å²) in [6.07, 6.45) is -0.551. The van der Waals surface area contributed by atoms with Crippen LogP contribution in [-0.2, 0) is 16.1 Å². The number of amides is 2. The van der Waals surface area contributed by atoms with Crippen molar-refractivity contribution in [1.82, 2.24) is 4.57 Å². The predicted molar refractivity (Wildman–Crippen MR) is 93.8 cm³/mol. The van der Waals surface area contributed by atoms with Gasteiger partial charge in [-0.25, -0.2) is 4.79 Å². The summed E-state index contributed by atoms with van der Waals surface area (Å²) in [5, 5.41) is 7.10. The van der Waals surface area contributed by atoms with E-state index in [1.54, 1.807) is 44.4 Å². The van der Waals surface area contributed by atoms with Crippen molar-refractivity contribution in [3.8, 4) is 0 Å². The molecule has 0 unspecified atom stereocenters. The number of hydrogen-bond acceptors (Lipinski definition) is 5. The summed E-state index contributed by atoms with van der Waals surface area (Å²) in [6, 6.07) is 5.16. The lowest BCUT2D eigenvalue weighted by Gasteiger charge is -2.13. The molecule has 1 heterocycles. The monoisotopic (exact) mass is 349 g/mol. The first kappa shape index (κ1) is 17.7. The number of thiazole rings is 1. The number of carbonyl (C=O) groups excluding carboxylic acids is 2. The molecule has 0 aliphatic rings. The second kappa shape index (κ2) is 7.78. The van der Waals surface area contributed by atoms with Gasteiger partial charge in [0.25, 0.3) is 0 Å². The molecule has 1 aromatic carbocycles. The lowest BCUT2D eigenvalue weighted by molar-refractivity contribution is -0.116. The van der Waals surface area contributed by atoms with Crippen LogP contribution >= 0.6 is 11.3 Å². The van der Waals surface area contributed by atoms with Gasteiger partial charge in [0.05, 0.1) is 6.61 Å². The number of nitrogens with zero attached hydrogens (tertiary/aromatic N) is 1. The van der Waals surface area contributed by atoms with Gasteiger partial charge in [0.2, 0.25) is 5.91 Å². The molecule has 0 fully saturated rings. The van der Waals surface area contributed by atoms with Gasteiger partial charge in [0, 0.05) is 22.4 Å². The number of hydrogen-bond donors (Lipinski definition) is 2. The average Bonchev–Trinajstić information content (AvgIpc) is 2.83. The normalized spacial score (nSPS) is 10.3. The van der Waals surface area contributed by atoms with Crippen LogP contribution in [0.25, 0.3) is 0 Å². The minimum Gasteiger partial charge on any atom is -0.450 e. The fourth-order valence-corrected chi connectivity index (χ4v) is 2.85. The first-order chi connectivity index (χ1) is 11.4. The third-order valence-electron chi connectivity index (χ3n) is 3.40. The molecule has 0 spiro atoms. The predicted octanol–water partition coefficient (Wildman–Crippen LogP) is 2.73. The highest BCUT2D eigenvalue weighted by Gasteiger charge is 2.12. The summed E-state index contributed by atoms with van der Waals surface area (Å²) in [6.45, 7) is 5.50. The molecule has 0 aliphatic carbocycles. The fourth-order valence-electron chi connectivity index (χ4n) is 2.11. The average molecular weight is 349 g/mol. The molecule has 0 radical (unpaired) electrons. The van der Waals surface area contributed by atoms with Gasteiger partial charge < -0.3 is 10.1 Å². The third-order valence-corrected chi connectivity index (χ3v) is 4.28. The highest BCUT2D eigenvalue weighted by Crippen LogP contribution is 2.23. The first-order valence-electron chi connectivity index (χ1n) is 7.40. The number of carbonyl (C=O) groups is 2. The standard InChI is InChI=1S/C16H19N3O4S/c1-4-23-15(21)18-13-7-5-6-12(11(13)3)17-14(20)8-19-10(2)9-24-16(19)22/h5-7,9H,4,8H2,1-3H3,(H,17,20)(H,18,21). The summed E-state index contributed by atoms with van der Waals surface area (Å²) in [7, 11) is 0. The summed E-state index contributed by atoms with van der Waals surface area (Å²) >= 11 is 1.06. The van der Waals surface area contributed by atoms with Crippen LogP contribution in [0.4, 0.5) is 16.2 Å². The Morgan fingerprint density at radius 1 is 1.21 bits per heavy atom. The Hall–Kier alpha value is -2.61. The van der Waals surface area contributed by atoms with Crippen LogP contribution in [0.2, 0.25) is 0 Å². The van der Waals surface area contributed by atoms with E-state index in [9.17, 15) is 14.4 Å². The van der Waals surface area contributed by atoms with Crippen molar-refractivity contribution in [3.63, 3.8) is 0 Å². The number of anilines is 2. The molecule has 2 amide bonds. The number of rotatable bonds is 5. The van der Waals surface area contributed by atoms with Gasteiger partial charge in [0.15, 0.2) is 0 Å². The quantitative estimate of drug-likeness (QED) is 0.868. The molecule has 2 rings (SSSR count). The molecular formula is C16H19N3O4S. The van der Waals surface area contributed by atoms with Crippen molar-refractivity contribution in [2.75, 3.05) is 17.2 Å². The molecule has 7 nitrogen and oxygen atoms in total. The van der Waals surface area contributed by atoms with E-state index < -0.39 is 6.09 Å². The van der Waals surface area contributed by atoms with Crippen LogP contribution < -0.4 is 15.5 Å². The van der Waals surface area contributed by atoms with Crippen LogP contribution in [0.15, 0.2) is 28.4 Å². The fraction of sp³-hybridized carbons (Fsp3) is 0.312. The van der Waals surface area contributed by atoms with E-state index in [1.807, 2.05) is 0 Å². The van der Waals surface area contributed by atoms with E-state index in [4.69, 9.17) is 4.74 Å². The Morgan fingerprint density at radius 3 is 2.46 bits per heavy atom. The van der Waals surface area contributed by atoms with Crippen LogP contribution in [0.1, 0.15) is 18.2 Å². The molecule has 0 aliphatic heterocycles. The molecule has 2 N–H and O–H groups in total. The Morgan fingerprint density at radius 2 is 1.88 bits per heavy atom. The molecule has 8 heteroatoms. The number of aromatic nitrogens is 1. The summed E-state index contributed by atoms with van der Waals surface area (Å²) in [4.78, 5) is 35.2. The third kappa shape index (κ3) is 4.23. The van der Waals surface area contributed by atoms with Crippen LogP contribution in [0, 0.1) is 13.8 Å². The Kier molecular flexibility index (Phi) is 5.75. The Bertz CT molecular complexity index is 810. The molecule has 0 atom stereocenters. The van der Waals surface area contributed by atoms with Gasteiger partial charge in [-0.05, 0) is 38.5 Å². The summed E-state index contributed by atoms with van der Waals surface area (Å²) in [5.41, 5.74) is 2.56. The molecule has 1 aromatic heterocycles. The number of ether oxygens (including phenoxy) is 1. The van der Waals surface area contributed by atoms with E-state index in [0.29, 0.717) is 16.9 Å². The zero-order chi connectivity index (χ0) is 17.7. The maximum Gasteiger partial charge on any atom is 0.411 e. The molecule has 0 saturated carbocycles. The smallest absolute Gasteiger partial charge is 0.411 e. The van der Waals surface area contributed by atoms with Crippen molar-refractivity contribution in [2.24, 2.45) is 0 Å². The van der Waals surface area contributed by atoms with E-state index in [0.717, 1.165) is 17.0 Å². The minimum absolute atomic E-state index is 0.0524. The second-order valence-corrected chi connectivity index (χ2v) is 5.92. The highest BCUT2D eigenvalue weighted by molar-refractivity contribution is 7.07.